The van der Waals surface area contributed by atoms with Crippen molar-refractivity contribution < 1.29 is 9.59 Å². The molecular formula is C21H20N2O2. The molecule has 126 valence electrons. The van der Waals surface area contributed by atoms with E-state index in [1.54, 1.807) is 11.8 Å². The van der Waals surface area contributed by atoms with E-state index >= 15 is 0 Å². The maximum absolute atomic E-state index is 12.8. The average molecular weight is 332 g/mol. The maximum Gasteiger partial charge on any atom is 0.229 e. The van der Waals surface area contributed by atoms with Gasteiger partial charge in [-0.3, -0.25) is 9.59 Å². The molecule has 2 aromatic rings. The van der Waals surface area contributed by atoms with Gasteiger partial charge in [0.25, 0.3) is 0 Å². The van der Waals surface area contributed by atoms with Gasteiger partial charge < -0.3 is 10.2 Å². The standard InChI is InChI=1S/C21H20N2O2/c1-2-20(24)22-14-13-21(25)23-15-18-9-4-3-7-16(18)11-12-17-8-5-6-10-19(17)23/h3-10H,2,13-15H2,1H3,(H,22,24). The smallest absolute Gasteiger partial charge is 0.229 e. The molecule has 0 saturated heterocycles. The minimum atomic E-state index is -0.0444. The van der Waals surface area contributed by atoms with Gasteiger partial charge in [0.1, 0.15) is 0 Å². The molecule has 0 bridgehead atoms. The largest absolute Gasteiger partial charge is 0.356 e. The zero-order valence-corrected chi connectivity index (χ0v) is 14.2. The van der Waals surface area contributed by atoms with Gasteiger partial charge in [-0.15, -0.1) is 0 Å². The molecule has 0 atom stereocenters. The van der Waals surface area contributed by atoms with E-state index in [-0.39, 0.29) is 18.2 Å². The number of fused-ring (bicyclic) bond motifs is 2. The third-order valence-corrected chi connectivity index (χ3v) is 4.16. The van der Waals surface area contributed by atoms with Gasteiger partial charge in [0, 0.05) is 30.5 Å². The van der Waals surface area contributed by atoms with E-state index in [0.29, 0.717) is 19.5 Å². The van der Waals surface area contributed by atoms with Crippen molar-refractivity contribution in [1.82, 2.24) is 5.32 Å². The fourth-order valence-corrected chi connectivity index (χ4v) is 2.78. The van der Waals surface area contributed by atoms with Crippen molar-refractivity contribution in [2.24, 2.45) is 0 Å². The number of benzene rings is 2. The molecule has 2 aromatic carbocycles. The van der Waals surface area contributed by atoms with Gasteiger partial charge in [-0.1, -0.05) is 49.1 Å². The summed E-state index contributed by atoms with van der Waals surface area (Å²) < 4.78 is 0. The number of hydrogen-bond acceptors (Lipinski definition) is 2. The Morgan fingerprint density at radius 3 is 2.52 bits per heavy atom. The van der Waals surface area contributed by atoms with Crippen molar-refractivity contribution >= 4 is 17.5 Å². The molecule has 1 heterocycles. The predicted octanol–water partition coefficient (Wildman–Crippen LogP) is 2.85. The summed E-state index contributed by atoms with van der Waals surface area (Å²) in [6.45, 7) is 2.61. The molecule has 0 aliphatic carbocycles. The molecule has 0 saturated carbocycles. The summed E-state index contributed by atoms with van der Waals surface area (Å²) in [4.78, 5) is 26.0. The van der Waals surface area contributed by atoms with E-state index in [0.717, 1.165) is 22.4 Å². The molecule has 1 aliphatic rings. The van der Waals surface area contributed by atoms with Crippen LogP contribution in [-0.2, 0) is 16.1 Å². The number of nitrogens with zero attached hydrogens (tertiary/aromatic N) is 1. The first-order valence-corrected chi connectivity index (χ1v) is 8.45. The molecule has 0 fully saturated rings. The maximum atomic E-state index is 12.8. The summed E-state index contributed by atoms with van der Waals surface area (Å²) in [5, 5.41) is 2.76. The summed E-state index contributed by atoms with van der Waals surface area (Å²) in [7, 11) is 0. The monoisotopic (exact) mass is 332 g/mol. The van der Waals surface area contributed by atoms with E-state index < -0.39 is 0 Å². The molecule has 3 rings (SSSR count). The van der Waals surface area contributed by atoms with Crippen LogP contribution in [0.4, 0.5) is 5.69 Å². The lowest BCUT2D eigenvalue weighted by Gasteiger charge is -2.26. The van der Waals surface area contributed by atoms with Crippen LogP contribution in [0.3, 0.4) is 0 Å². The fraction of sp³-hybridized carbons (Fsp3) is 0.238. The third kappa shape index (κ3) is 3.89. The lowest BCUT2D eigenvalue weighted by molar-refractivity contribution is -0.121. The van der Waals surface area contributed by atoms with Gasteiger partial charge in [0.2, 0.25) is 11.8 Å². The Bertz CT molecular complexity index is 861. The number of carbonyl (C=O) groups is 2. The number of carbonyl (C=O) groups excluding carboxylic acids is 2. The first kappa shape index (κ1) is 16.8. The minimum Gasteiger partial charge on any atom is -0.356 e. The highest BCUT2D eigenvalue weighted by molar-refractivity contribution is 5.95. The van der Waals surface area contributed by atoms with Crippen LogP contribution in [0.5, 0.6) is 0 Å². The minimum absolute atomic E-state index is 0.0256. The van der Waals surface area contributed by atoms with Crippen molar-refractivity contribution in [1.29, 1.82) is 0 Å². The van der Waals surface area contributed by atoms with Crippen molar-refractivity contribution in [2.75, 3.05) is 11.4 Å². The molecule has 4 heteroatoms. The number of amides is 2. The van der Waals surface area contributed by atoms with Crippen molar-refractivity contribution in [3.8, 4) is 11.8 Å². The quantitative estimate of drug-likeness (QED) is 0.875. The van der Waals surface area contributed by atoms with Crippen LogP contribution in [0, 0.1) is 11.8 Å². The van der Waals surface area contributed by atoms with Crippen LogP contribution in [0.25, 0.3) is 0 Å². The normalized spacial score (nSPS) is 12.0. The summed E-state index contributed by atoms with van der Waals surface area (Å²) in [5.74, 6) is 6.31. The van der Waals surface area contributed by atoms with Gasteiger partial charge >= 0.3 is 0 Å². The number of anilines is 1. The van der Waals surface area contributed by atoms with E-state index in [1.807, 2.05) is 48.5 Å². The van der Waals surface area contributed by atoms with Gasteiger partial charge in [-0.25, -0.2) is 0 Å². The molecule has 25 heavy (non-hydrogen) atoms. The number of hydrogen-bond donors (Lipinski definition) is 1. The second kappa shape index (κ2) is 7.67. The van der Waals surface area contributed by atoms with Crippen molar-refractivity contribution in [3.05, 3.63) is 65.2 Å². The highest BCUT2D eigenvalue weighted by Crippen LogP contribution is 2.25. The van der Waals surface area contributed by atoms with Crippen molar-refractivity contribution in [2.45, 2.75) is 26.3 Å². The molecule has 0 aromatic heterocycles. The third-order valence-electron chi connectivity index (χ3n) is 4.16. The highest BCUT2D eigenvalue weighted by atomic mass is 16.2. The van der Waals surface area contributed by atoms with Gasteiger partial charge in [0.15, 0.2) is 0 Å². The van der Waals surface area contributed by atoms with E-state index in [1.165, 1.54) is 0 Å². The molecule has 0 radical (unpaired) electrons. The number of nitrogens with one attached hydrogen (secondary N) is 1. The molecular weight excluding hydrogens is 312 g/mol. The fourth-order valence-electron chi connectivity index (χ4n) is 2.78. The number of para-hydroxylation sites is 1. The first-order chi connectivity index (χ1) is 12.2. The second-order valence-corrected chi connectivity index (χ2v) is 5.86. The van der Waals surface area contributed by atoms with Gasteiger partial charge in [-0.05, 0) is 23.8 Å². The highest BCUT2D eigenvalue weighted by Gasteiger charge is 2.20. The van der Waals surface area contributed by atoms with Gasteiger partial charge in [-0.2, -0.15) is 0 Å². The Morgan fingerprint density at radius 1 is 1.04 bits per heavy atom. The Morgan fingerprint density at radius 2 is 1.72 bits per heavy atom. The van der Waals surface area contributed by atoms with Crippen LogP contribution < -0.4 is 10.2 Å². The summed E-state index contributed by atoms with van der Waals surface area (Å²) in [5.41, 5.74) is 3.61. The van der Waals surface area contributed by atoms with E-state index in [4.69, 9.17) is 0 Å². The lowest BCUT2D eigenvalue weighted by Crippen LogP contribution is -2.35. The van der Waals surface area contributed by atoms with Gasteiger partial charge in [0.05, 0.1) is 12.2 Å². The average Bonchev–Trinajstić information content (AvgIpc) is 2.63. The molecule has 1 N–H and O–H groups in total. The molecule has 2 amide bonds. The molecule has 4 nitrogen and oxygen atoms in total. The lowest BCUT2D eigenvalue weighted by atomic mass is 10.0. The zero-order chi connectivity index (χ0) is 17.6. The van der Waals surface area contributed by atoms with Crippen LogP contribution in [0.1, 0.15) is 36.5 Å². The zero-order valence-electron chi connectivity index (χ0n) is 14.2. The Labute approximate surface area is 147 Å². The van der Waals surface area contributed by atoms with E-state index in [2.05, 4.69) is 17.2 Å². The summed E-state index contributed by atoms with van der Waals surface area (Å²) in [6.07, 6.45) is 0.680. The SMILES string of the molecule is CCC(=O)NCCC(=O)N1Cc2ccccc2C#Cc2ccccc21. The second-order valence-electron chi connectivity index (χ2n) is 5.86. The van der Waals surface area contributed by atoms with Crippen LogP contribution in [0.2, 0.25) is 0 Å². The van der Waals surface area contributed by atoms with Crippen molar-refractivity contribution in [3.63, 3.8) is 0 Å². The predicted molar refractivity (Wildman–Crippen MR) is 98.0 cm³/mol. The first-order valence-electron chi connectivity index (χ1n) is 8.45. The Hall–Kier alpha value is -3.06. The molecule has 0 unspecified atom stereocenters. The topological polar surface area (TPSA) is 49.4 Å². The summed E-state index contributed by atoms with van der Waals surface area (Å²) in [6, 6.07) is 15.6. The van der Waals surface area contributed by atoms with E-state index in [9.17, 15) is 9.59 Å². The molecule has 0 spiro atoms. The van der Waals surface area contributed by atoms with Crippen LogP contribution >= 0.6 is 0 Å². The van der Waals surface area contributed by atoms with Crippen LogP contribution in [0.15, 0.2) is 48.5 Å². The van der Waals surface area contributed by atoms with Crippen LogP contribution in [-0.4, -0.2) is 18.4 Å². The Balaban J connectivity index is 1.89. The Kier molecular flexibility index (Phi) is 5.15. The molecule has 1 aliphatic heterocycles. The summed E-state index contributed by atoms with van der Waals surface area (Å²) >= 11 is 0. The number of rotatable bonds is 4.